The normalized spacial score (nSPS) is 15.4. The Balaban J connectivity index is 1.76. The van der Waals surface area contributed by atoms with Gasteiger partial charge in [0.15, 0.2) is 0 Å². The molecule has 0 atom stereocenters. The Labute approximate surface area is 160 Å². The summed E-state index contributed by atoms with van der Waals surface area (Å²) in [4.78, 5) is 12.7. The van der Waals surface area contributed by atoms with E-state index in [4.69, 9.17) is 4.74 Å². The number of halogens is 3. The predicted molar refractivity (Wildman–Crippen MR) is 98.0 cm³/mol. The van der Waals surface area contributed by atoms with E-state index in [1.54, 1.807) is 0 Å². The van der Waals surface area contributed by atoms with Crippen molar-refractivity contribution in [2.75, 3.05) is 31.6 Å². The quantitative estimate of drug-likeness (QED) is 0.590. The number of benzene rings is 2. The first-order valence-electron chi connectivity index (χ1n) is 8.81. The molecule has 2 aromatic rings. The van der Waals surface area contributed by atoms with E-state index in [0.717, 1.165) is 42.9 Å². The lowest BCUT2D eigenvalue weighted by Gasteiger charge is -2.27. The average Bonchev–Trinajstić information content (AvgIpc) is 2.67. The number of alkyl halides is 3. The van der Waals surface area contributed by atoms with Crippen LogP contribution < -0.4 is 5.32 Å². The number of nitro benzene ring substituents is 1. The summed E-state index contributed by atoms with van der Waals surface area (Å²) in [5.41, 5.74) is 0.409. The van der Waals surface area contributed by atoms with Gasteiger partial charge in [0.05, 0.1) is 23.7 Å². The lowest BCUT2D eigenvalue weighted by atomic mass is 10.1. The summed E-state index contributed by atoms with van der Waals surface area (Å²) in [7, 11) is 0. The highest BCUT2D eigenvalue weighted by molar-refractivity contribution is 5.63. The third-order valence-electron chi connectivity index (χ3n) is 4.61. The first-order chi connectivity index (χ1) is 13.3. The van der Waals surface area contributed by atoms with Gasteiger partial charge in [-0.15, -0.1) is 0 Å². The van der Waals surface area contributed by atoms with Crippen LogP contribution in [0.25, 0.3) is 0 Å². The Morgan fingerprint density at radius 1 is 1.11 bits per heavy atom. The predicted octanol–water partition coefficient (Wildman–Crippen LogP) is 4.06. The SMILES string of the molecule is O=[N+]([O-])c1cc(C(F)(F)F)ccc1NCc1ccccc1CN1CCOCC1. The molecule has 1 aliphatic heterocycles. The summed E-state index contributed by atoms with van der Waals surface area (Å²) >= 11 is 0. The fourth-order valence-electron chi connectivity index (χ4n) is 3.08. The van der Waals surface area contributed by atoms with E-state index in [1.165, 1.54) is 0 Å². The van der Waals surface area contributed by atoms with Crippen LogP contribution in [0.3, 0.4) is 0 Å². The molecule has 9 heteroatoms. The van der Waals surface area contributed by atoms with Crippen LogP contribution in [0.2, 0.25) is 0 Å². The van der Waals surface area contributed by atoms with Crippen molar-refractivity contribution < 1.29 is 22.8 Å². The Morgan fingerprint density at radius 2 is 1.79 bits per heavy atom. The van der Waals surface area contributed by atoms with Crippen molar-refractivity contribution in [1.82, 2.24) is 4.90 Å². The van der Waals surface area contributed by atoms with Gasteiger partial charge in [-0.3, -0.25) is 15.0 Å². The summed E-state index contributed by atoms with van der Waals surface area (Å²) in [6.45, 7) is 4.00. The van der Waals surface area contributed by atoms with Gasteiger partial charge in [0.2, 0.25) is 0 Å². The second-order valence-corrected chi connectivity index (χ2v) is 6.50. The second-order valence-electron chi connectivity index (χ2n) is 6.50. The molecule has 1 saturated heterocycles. The first-order valence-corrected chi connectivity index (χ1v) is 8.81. The first kappa shape index (κ1) is 20.1. The molecular weight excluding hydrogens is 375 g/mol. The van der Waals surface area contributed by atoms with Gasteiger partial charge in [-0.05, 0) is 23.3 Å². The smallest absolute Gasteiger partial charge is 0.379 e. The fourth-order valence-corrected chi connectivity index (χ4v) is 3.08. The van der Waals surface area contributed by atoms with Crippen molar-refractivity contribution in [2.24, 2.45) is 0 Å². The van der Waals surface area contributed by atoms with Crippen LogP contribution >= 0.6 is 0 Å². The van der Waals surface area contributed by atoms with Crippen LogP contribution in [0.15, 0.2) is 42.5 Å². The molecule has 1 aliphatic rings. The van der Waals surface area contributed by atoms with E-state index in [1.807, 2.05) is 24.3 Å². The molecule has 28 heavy (non-hydrogen) atoms. The van der Waals surface area contributed by atoms with Crippen LogP contribution in [0.5, 0.6) is 0 Å². The Hall–Kier alpha value is -2.65. The van der Waals surface area contributed by atoms with Crippen LogP contribution in [0, 0.1) is 10.1 Å². The Morgan fingerprint density at radius 3 is 2.43 bits per heavy atom. The number of ether oxygens (including phenoxy) is 1. The fraction of sp³-hybridized carbons (Fsp3) is 0.368. The number of hydrogen-bond acceptors (Lipinski definition) is 5. The summed E-state index contributed by atoms with van der Waals surface area (Å²) in [5, 5.41) is 14.1. The molecule has 6 nitrogen and oxygen atoms in total. The van der Waals surface area contributed by atoms with Crippen LogP contribution in [0.1, 0.15) is 16.7 Å². The molecule has 0 aromatic heterocycles. The Kier molecular flexibility index (Phi) is 6.15. The number of anilines is 1. The summed E-state index contributed by atoms with van der Waals surface area (Å²) in [6, 6.07) is 10.2. The molecule has 1 fully saturated rings. The van der Waals surface area contributed by atoms with E-state index < -0.39 is 22.4 Å². The van der Waals surface area contributed by atoms with Crippen molar-refractivity contribution in [2.45, 2.75) is 19.3 Å². The molecular formula is C19H20F3N3O3. The molecule has 0 amide bonds. The number of nitrogens with zero attached hydrogens (tertiary/aromatic N) is 2. The molecule has 0 radical (unpaired) electrons. The van der Waals surface area contributed by atoms with E-state index in [0.29, 0.717) is 19.3 Å². The van der Waals surface area contributed by atoms with Gasteiger partial charge >= 0.3 is 6.18 Å². The van der Waals surface area contributed by atoms with Gasteiger partial charge in [-0.2, -0.15) is 13.2 Å². The zero-order chi connectivity index (χ0) is 20.1. The minimum Gasteiger partial charge on any atom is -0.379 e. The summed E-state index contributed by atoms with van der Waals surface area (Å²) in [5.74, 6) is 0. The standard InChI is InChI=1S/C19H20F3N3O3/c20-19(21,22)16-5-6-17(18(11-16)25(26)27)23-12-14-3-1-2-4-15(14)13-24-7-9-28-10-8-24/h1-6,11,23H,7-10,12-13H2. The van der Waals surface area contributed by atoms with Crippen LogP contribution in [0.4, 0.5) is 24.5 Å². The van der Waals surface area contributed by atoms with E-state index >= 15 is 0 Å². The molecule has 2 aromatic carbocycles. The lowest BCUT2D eigenvalue weighted by molar-refractivity contribution is -0.384. The van der Waals surface area contributed by atoms with Crippen molar-refractivity contribution >= 4 is 11.4 Å². The van der Waals surface area contributed by atoms with E-state index in [9.17, 15) is 23.3 Å². The van der Waals surface area contributed by atoms with Crippen molar-refractivity contribution in [3.63, 3.8) is 0 Å². The zero-order valence-electron chi connectivity index (χ0n) is 15.0. The maximum atomic E-state index is 12.8. The maximum absolute atomic E-state index is 12.8. The highest BCUT2D eigenvalue weighted by Crippen LogP contribution is 2.35. The molecule has 0 spiro atoms. The van der Waals surface area contributed by atoms with E-state index in [-0.39, 0.29) is 12.2 Å². The van der Waals surface area contributed by atoms with Crippen LogP contribution in [-0.2, 0) is 24.0 Å². The van der Waals surface area contributed by atoms with Crippen LogP contribution in [-0.4, -0.2) is 36.1 Å². The lowest BCUT2D eigenvalue weighted by Crippen LogP contribution is -2.35. The third kappa shape index (κ3) is 4.99. The third-order valence-corrected chi connectivity index (χ3v) is 4.61. The van der Waals surface area contributed by atoms with E-state index in [2.05, 4.69) is 10.2 Å². The minimum absolute atomic E-state index is 0.0548. The number of hydrogen-bond donors (Lipinski definition) is 1. The highest BCUT2D eigenvalue weighted by Gasteiger charge is 2.33. The number of nitrogens with one attached hydrogen (secondary N) is 1. The van der Waals surface area contributed by atoms with Crippen molar-refractivity contribution in [1.29, 1.82) is 0 Å². The molecule has 150 valence electrons. The largest absolute Gasteiger partial charge is 0.416 e. The van der Waals surface area contributed by atoms with Gasteiger partial charge in [-0.1, -0.05) is 24.3 Å². The van der Waals surface area contributed by atoms with Crippen molar-refractivity contribution in [3.05, 3.63) is 69.3 Å². The summed E-state index contributed by atoms with van der Waals surface area (Å²) in [6.07, 6.45) is -4.63. The van der Waals surface area contributed by atoms with Crippen molar-refractivity contribution in [3.8, 4) is 0 Å². The number of rotatable bonds is 6. The minimum atomic E-state index is -4.63. The average molecular weight is 395 g/mol. The summed E-state index contributed by atoms with van der Waals surface area (Å²) < 4.78 is 43.8. The topological polar surface area (TPSA) is 67.6 Å². The van der Waals surface area contributed by atoms with Gasteiger partial charge in [0.25, 0.3) is 5.69 Å². The molecule has 0 bridgehead atoms. The highest BCUT2D eigenvalue weighted by atomic mass is 19.4. The molecule has 1 heterocycles. The zero-order valence-corrected chi connectivity index (χ0v) is 15.0. The Bertz CT molecular complexity index is 837. The number of nitro groups is 1. The molecule has 0 unspecified atom stereocenters. The number of morpholine rings is 1. The van der Waals surface area contributed by atoms with Gasteiger partial charge in [-0.25, -0.2) is 0 Å². The molecule has 1 N–H and O–H groups in total. The second kappa shape index (κ2) is 8.57. The van der Waals surface area contributed by atoms with Gasteiger partial charge in [0, 0.05) is 32.2 Å². The monoisotopic (exact) mass is 395 g/mol. The molecule has 3 rings (SSSR count). The molecule has 0 saturated carbocycles. The van der Waals surface area contributed by atoms with Gasteiger partial charge in [0.1, 0.15) is 5.69 Å². The molecule has 0 aliphatic carbocycles. The van der Waals surface area contributed by atoms with Gasteiger partial charge < -0.3 is 10.1 Å². The maximum Gasteiger partial charge on any atom is 0.416 e.